The van der Waals surface area contributed by atoms with Crippen LogP contribution in [0.15, 0.2) is 24.3 Å². The molecule has 5 aliphatic rings. The summed E-state index contributed by atoms with van der Waals surface area (Å²) in [5.74, 6) is -1.87. The molecule has 2 N–H and O–H groups in total. The van der Waals surface area contributed by atoms with Crippen molar-refractivity contribution in [1.82, 2.24) is 0 Å². The van der Waals surface area contributed by atoms with Gasteiger partial charge >= 0.3 is 11.9 Å². The number of cyclic esters (lactones) is 1. The first-order valence-electron chi connectivity index (χ1n) is 17.4. The van der Waals surface area contributed by atoms with Gasteiger partial charge in [-0.05, 0) is 47.9 Å². The summed E-state index contributed by atoms with van der Waals surface area (Å²) in [6, 6.07) is 6.92. The minimum absolute atomic E-state index is 0.00109. The lowest BCUT2D eigenvalue weighted by Crippen LogP contribution is -2.63. The van der Waals surface area contributed by atoms with Crippen molar-refractivity contribution in [3.05, 3.63) is 41.0 Å². The first kappa shape index (κ1) is 37.5. The number of hydrogen-bond acceptors (Lipinski definition) is 17. The van der Waals surface area contributed by atoms with Crippen LogP contribution < -0.4 is 23.7 Å². The highest BCUT2D eigenvalue weighted by molar-refractivity contribution is 5.79. The van der Waals surface area contributed by atoms with Crippen LogP contribution in [0.25, 0.3) is 0 Å². The van der Waals surface area contributed by atoms with Gasteiger partial charge in [0.1, 0.15) is 31.0 Å². The van der Waals surface area contributed by atoms with E-state index in [2.05, 4.69) is 0 Å². The van der Waals surface area contributed by atoms with Gasteiger partial charge in [-0.1, -0.05) is 0 Å². The number of methoxy groups -OCH3 is 3. The fraction of sp³-hybridized carbons (Fsp3) is 0.611. The fourth-order valence-corrected chi connectivity index (χ4v) is 7.48. The molecule has 3 saturated heterocycles. The van der Waals surface area contributed by atoms with Crippen LogP contribution >= 0.6 is 0 Å². The topological polar surface area (TPSA) is 195 Å². The molecule has 0 saturated carbocycles. The van der Waals surface area contributed by atoms with Crippen LogP contribution in [0.1, 0.15) is 35.6 Å². The minimum Gasteiger partial charge on any atom is -0.493 e. The summed E-state index contributed by atoms with van der Waals surface area (Å²) in [6.07, 6.45) is -7.06. The quantitative estimate of drug-likeness (QED) is 0.159. The number of ether oxygens (including phenoxy) is 13. The average molecular weight is 749 g/mol. The molecule has 1 aliphatic carbocycles. The van der Waals surface area contributed by atoms with E-state index < -0.39 is 72.8 Å². The van der Waals surface area contributed by atoms with Gasteiger partial charge in [0.2, 0.25) is 12.5 Å². The van der Waals surface area contributed by atoms with Crippen molar-refractivity contribution in [2.75, 3.05) is 74.4 Å². The van der Waals surface area contributed by atoms with Crippen molar-refractivity contribution in [1.29, 1.82) is 0 Å². The molecule has 10 atom stereocenters. The molecule has 0 amide bonds. The number of carbonyl (C=O) groups excluding carboxylic acids is 2. The molecule has 2 aromatic carbocycles. The van der Waals surface area contributed by atoms with Crippen molar-refractivity contribution in [3.8, 4) is 28.7 Å². The molecule has 0 bridgehead atoms. The number of carbonyl (C=O) groups is 2. The van der Waals surface area contributed by atoms with Crippen molar-refractivity contribution < 1.29 is 81.4 Å². The van der Waals surface area contributed by atoms with Crippen molar-refractivity contribution >= 4 is 11.9 Å². The number of aliphatic hydroxyl groups is 2. The van der Waals surface area contributed by atoms with Gasteiger partial charge in [-0.25, -0.2) is 4.79 Å². The fourth-order valence-electron chi connectivity index (χ4n) is 7.48. The molecule has 3 fully saturated rings. The van der Waals surface area contributed by atoms with E-state index in [0.29, 0.717) is 41.4 Å². The lowest BCUT2D eigenvalue weighted by Gasteiger charge is -2.47. The number of esters is 2. The predicted molar refractivity (Wildman–Crippen MR) is 176 cm³/mol. The van der Waals surface area contributed by atoms with Crippen LogP contribution in [0.3, 0.4) is 0 Å². The van der Waals surface area contributed by atoms with Gasteiger partial charge in [0.05, 0.1) is 65.9 Å². The van der Waals surface area contributed by atoms with Crippen LogP contribution in [0, 0.1) is 11.8 Å². The zero-order chi connectivity index (χ0) is 37.2. The summed E-state index contributed by atoms with van der Waals surface area (Å²) in [5, 5.41) is 22.2. The Hall–Kier alpha value is -3.78. The summed E-state index contributed by atoms with van der Waals surface area (Å²) in [5.41, 5.74) is 1.87. The third-order valence-electron chi connectivity index (χ3n) is 9.97. The number of fused-ring (bicyclic) bond motifs is 4. The van der Waals surface area contributed by atoms with Crippen LogP contribution in [-0.4, -0.2) is 134 Å². The van der Waals surface area contributed by atoms with Crippen LogP contribution in [-0.2, 0) is 47.5 Å². The zero-order valence-corrected chi connectivity index (χ0v) is 29.8. The molecule has 4 heterocycles. The molecule has 0 unspecified atom stereocenters. The van der Waals surface area contributed by atoms with Gasteiger partial charge in [0.25, 0.3) is 0 Å². The molecule has 17 nitrogen and oxygen atoms in total. The molecule has 290 valence electrons. The molecule has 4 aliphatic heterocycles. The van der Waals surface area contributed by atoms with Crippen LogP contribution in [0.5, 0.6) is 28.7 Å². The maximum Gasteiger partial charge on any atom is 0.337 e. The van der Waals surface area contributed by atoms with Gasteiger partial charge in [-0.3, -0.25) is 4.79 Å². The van der Waals surface area contributed by atoms with Crippen molar-refractivity contribution in [2.45, 2.75) is 55.9 Å². The summed E-state index contributed by atoms with van der Waals surface area (Å²) in [4.78, 5) is 26.5. The summed E-state index contributed by atoms with van der Waals surface area (Å²) in [7, 11) is 4.42. The van der Waals surface area contributed by atoms with Crippen molar-refractivity contribution in [2.24, 2.45) is 11.8 Å². The smallest absolute Gasteiger partial charge is 0.337 e. The number of aliphatic hydroxyl groups excluding tert-OH is 2. The number of rotatable bonds is 14. The molecule has 0 aromatic heterocycles. The van der Waals surface area contributed by atoms with Gasteiger partial charge in [-0.15, -0.1) is 0 Å². The van der Waals surface area contributed by atoms with Gasteiger partial charge in [0.15, 0.2) is 35.6 Å². The SMILES string of the molecule is COCCOCCOCC(=O)Oc1c(OC)cc([C@@H]2c3cc4c(cc3[C@@H](O[C@@H]3O[C@@H]5CO[C@@H](C)O[C@H]5[C@H](O)[C@H]3O)[C@H]3COC(=O)[C@H]23)OCO4)cc1OC. The maximum atomic E-state index is 13.7. The lowest BCUT2D eigenvalue weighted by atomic mass is 9.66. The van der Waals surface area contributed by atoms with Gasteiger partial charge in [0, 0.05) is 18.9 Å². The highest BCUT2D eigenvalue weighted by Gasteiger charge is 2.56. The van der Waals surface area contributed by atoms with E-state index in [1.54, 1.807) is 38.3 Å². The predicted octanol–water partition coefficient (Wildman–Crippen LogP) is 1.22. The second kappa shape index (κ2) is 16.3. The Kier molecular flexibility index (Phi) is 11.5. The lowest BCUT2D eigenvalue weighted by molar-refractivity contribution is -0.364. The van der Waals surface area contributed by atoms with E-state index in [-0.39, 0.29) is 57.1 Å². The first-order chi connectivity index (χ1) is 25.7. The summed E-state index contributed by atoms with van der Waals surface area (Å²) >= 11 is 0. The van der Waals surface area contributed by atoms with E-state index in [1.807, 2.05) is 0 Å². The molecular weight excluding hydrogens is 704 g/mol. The van der Waals surface area contributed by atoms with Crippen LogP contribution in [0.4, 0.5) is 0 Å². The summed E-state index contributed by atoms with van der Waals surface area (Å²) < 4.78 is 73.8. The third kappa shape index (κ3) is 7.50. The third-order valence-corrected chi connectivity index (χ3v) is 9.97. The Morgan fingerprint density at radius 2 is 1.55 bits per heavy atom. The largest absolute Gasteiger partial charge is 0.493 e. The second-order valence-corrected chi connectivity index (χ2v) is 13.1. The molecule has 0 spiro atoms. The Morgan fingerprint density at radius 3 is 2.26 bits per heavy atom. The highest BCUT2D eigenvalue weighted by atomic mass is 16.8. The zero-order valence-electron chi connectivity index (χ0n) is 29.8. The van der Waals surface area contributed by atoms with E-state index >= 15 is 0 Å². The van der Waals surface area contributed by atoms with Gasteiger partial charge in [-0.2, -0.15) is 0 Å². The maximum absolute atomic E-state index is 13.7. The van der Waals surface area contributed by atoms with Gasteiger partial charge < -0.3 is 71.8 Å². The van der Waals surface area contributed by atoms with Crippen molar-refractivity contribution in [3.63, 3.8) is 0 Å². The molecule has 17 heteroatoms. The van der Waals surface area contributed by atoms with E-state index in [9.17, 15) is 19.8 Å². The number of hydrogen-bond donors (Lipinski definition) is 2. The standard InChI is InChI=1S/C36H44O17/c1-17-46-14-26-34(50-17)30(38)31(39)36(51-26)53-32-20-12-23-22(48-16-49-23)11-19(20)28(29-21(32)13-47-35(29)40)18-9-24(42-3)33(25(10-18)43-4)52-27(37)15-45-8-7-44-6-5-41-2/h9-12,17,21,26,28-32,34,36,38-39H,5-8,13-16H2,1-4H3/t17-,21+,26-,28-,29+,30-,31-,32-,34-,36+/m1/s1. The first-order valence-corrected chi connectivity index (χ1v) is 17.4. The highest BCUT2D eigenvalue weighted by Crippen LogP contribution is 2.57. The average Bonchev–Trinajstić information content (AvgIpc) is 3.78. The Labute approximate surface area is 305 Å². The molecule has 7 rings (SSSR count). The van der Waals surface area contributed by atoms with E-state index in [0.717, 1.165) is 0 Å². The van der Waals surface area contributed by atoms with Crippen LogP contribution in [0.2, 0.25) is 0 Å². The normalized spacial score (nSPS) is 31.2. The Balaban J connectivity index is 1.19. The second-order valence-electron chi connectivity index (χ2n) is 13.1. The van der Waals surface area contributed by atoms with E-state index in [4.69, 9.17) is 61.6 Å². The molecular formula is C36H44O17. The minimum atomic E-state index is -1.48. The summed E-state index contributed by atoms with van der Waals surface area (Å²) in [6.45, 7) is 2.76. The molecule has 53 heavy (non-hydrogen) atoms. The van der Waals surface area contributed by atoms with E-state index in [1.165, 1.54) is 14.2 Å². The number of benzene rings is 2. The molecule has 2 aromatic rings. The molecule has 0 radical (unpaired) electrons. The monoisotopic (exact) mass is 748 g/mol. The Morgan fingerprint density at radius 1 is 0.849 bits per heavy atom. The Bertz CT molecular complexity index is 1610.